The lowest BCUT2D eigenvalue weighted by atomic mass is 10.0. The highest BCUT2D eigenvalue weighted by atomic mass is 32.2. The summed E-state index contributed by atoms with van der Waals surface area (Å²) in [7, 11) is -3.26. The molecule has 2 aliphatic rings. The van der Waals surface area contributed by atoms with Crippen molar-refractivity contribution in [3.63, 3.8) is 0 Å². The van der Waals surface area contributed by atoms with Crippen LogP contribution in [0.3, 0.4) is 0 Å². The number of rotatable bonds is 6. The molecule has 1 atom stereocenters. The molecule has 0 bridgehead atoms. The SMILES string of the molecule is O=S(=O)(CCNC1CC1)NC1CCOc2ccccc21. The summed E-state index contributed by atoms with van der Waals surface area (Å²) in [6.07, 6.45) is 3.01. The van der Waals surface area contributed by atoms with Gasteiger partial charge in [0.15, 0.2) is 0 Å². The average Bonchev–Trinajstić information content (AvgIpc) is 3.23. The lowest BCUT2D eigenvalue weighted by Crippen LogP contribution is -2.36. The molecule has 1 fully saturated rings. The number of nitrogens with one attached hydrogen (secondary N) is 2. The van der Waals surface area contributed by atoms with E-state index in [0.29, 0.717) is 25.6 Å². The quantitative estimate of drug-likeness (QED) is 0.827. The highest BCUT2D eigenvalue weighted by Gasteiger charge is 2.26. The van der Waals surface area contributed by atoms with Crippen molar-refractivity contribution in [2.45, 2.75) is 31.3 Å². The summed E-state index contributed by atoms with van der Waals surface area (Å²) in [6, 6.07) is 7.97. The van der Waals surface area contributed by atoms with Crippen LogP contribution in [0, 0.1) is 0 Å². The van der Waals surface area contributed by atoms with Gasteiger partial charge in [-0.2, -0.15) is 0 Å². The molecule has 0 radical (unpaired) electrons. The molecule has 1 saturated carbocycles. The zero-order valence-corrected chi connectivity index (χ0v) is 12.2. The first-order valence-electron chi connectivity index (χ1n) is 7.09. The van der Waals surface area contributed by atoms with Crippen LogP contribution in [0.1, 0.15) is 30.9 Å². The maximum atomic E-state index is 12.1. The molecule has 3 rings (SSSR count). The Kier molecular flexibility index (Phi) is 3.96. The standard InChI is InChI=1S/C14H20N2O3S/c17-20(18,10-8-15-11-5-6-11)16-13-7-9-19-14-4-2-1-3-12(13)14/h1-4,11,13,15-16H,5-10H2. The highest BCUT2D eigenvalue weighted by Crippen LogP contribution is 2.31. The number of ether oxygens (including phenoxy) is 1. The van der Waals surface area contributed by atoms with Gasteiger partial charge in [0.1, 0.15) is 5.75 Å². The fourth-order valence-electron chi connectivity index (χ4n) is 2.43. The molecule has 6 heteroatoms. The topological polar surface area (TPSA) is 67.4 Å². The Balaban J connectivity index is 1.61. The summed E-state index contributed by atoms with van der Waals surface area (Å²) >= 11 is 0. The van der Waals surface area contributed by atoms with Crippen molar-refractivity contribution < 1.29 is 13.2 Å². The molecule has 1 aliphatic carbocycles. The fraction of sp³-hybridized carbons (Fsp3) is 0.571. The van der Waals surface area contributed by atoms with Gasteiger partial charge in [-0.25, -0.2) is 13.1 Å². The largest absolute Gasteiger partial charge is 0.493 e. The molecule has 110 valence electrons. The molecule has 5 nitrogen and oxygen atoms in total. The Morgan fingerprint density at radius 1 is 1.20 bits per heavy atom. The Labute approximate surface area is 119 Å². The molecule has 1 aromatic carbocycles. The minimum atomic E-state index is -3.26. The molecule has 1 unspecified atom stereocenters. The van der Waals surface area contributed by atoms with E-state index in [4.69, 9.17) is 4.74 Å². The molecular weight excluding hydrogens is 276 g/mol. The van der Waals surface area contributed by atoms with Crippen molar-refractivity contribution in [1.29, 1.82) is 0 Å². The van der Waals surface area contributed by atoms with E-state index >= 15 is 0 Å². The van der Waals surface area contributed by atoms with Crippen molar-refractivity contribution in [3.8, 4) is 5.75 Å². The van der Waals surface area contributed by atoms with Crippen LogP contribution in [0.5, 0.6) is 5.75 Å². The normalized spacial score (nSPS) is 22.1. The van der Waals surface area contributed by atoms with Crippen LogP contribution in [0.15, 0.2) is 24.3 Å². The van der Waals surface area contributed by atoms with E-state index in [1.165, 1.54) is 12.8 Å². The Morgan fingerprint density at radius 2 is 2.00 bits per heavy atom. The van der Waals surface area contributed by atoms with Gasteiger partial charge >= 0.3 is 0 Å². The maximum Gasteiger partial charge on any atom is 0.213 e. The molecule has 20 heavy (non-hydrogen) atoms. The highest BCUT2D eigenvalue weighted by molar-refractivity contribution is 7.89. The zero-order chi connectivity index (χ0) is 14.0. The van der Waals surface area contributed by atoms with E-state index in [1.54, 1.807) is 0 Å². The van der Waals surface area contributed by atoms with Crippen LogP contribution in [-0.4, -0.2) is 33.4 Å². The summed E-state index contributed by atoms with van der Waals surface area (Å²) in [4.78, 5) is 0. The Bertz CT molecular complexity index is 570. The smallest absolute Gasteiger partial charge is 0.213 e. The van der Waals surface area contributed by atoms with Gasteiger partial charge in [-0.15, -0.1) is 0 Å². The van der Waals surface area contributed by atoms with Gasteiger partial charge < -0.3 is 10.1 Å². The monoisotopic (exact) mass is 296 g/mol. The first-order chi connectivity index (χ1) is 9.64. The summed E-state index contributed by atoms with van der Waals surface area (Å²) in [5.41, 5.74) is 0.928. The molecule has 1 aliphatic heterocycles. The summed E-state index contributed by atoms with van der Waals surface area (Å²) in [6.45, 7) is 1.06. The van der Waals surface area contributed by atoms with E-state index in [-0.39, 0.29) is 11.8 Å². The number of hydrogen-bond acceptors (Lipinski definition) is 4. The van der Waals surface area contributed by atoms with Crippen molar-refractivity contribution in [3.05, 3.63) is 29.8 Å². The predicted octanol–water partition coefficient (Wildman–Crippen LogP) is 1.18. The van der Waals surface area contributed by atoms with Crippen molar-refractivity contribution >= 4 is 10.0 Å². The zero-order valence-electron chi connectivity index (χ0n) is 11.3. The van der Waals surface area contributed by atoms with Gasteiger partial charge in [-0.05, 0) is 18.9 Å². The lowest BCUT2D eigenvalue weighted by Gasteiger charge is -2.26. The number of fused-ring (bicyclic) bond motifs is 1. The summed E-state index contributed by atoms with van der Waals surface area (Å²) in [5.74, 6) is 0.908. The molecule has 1 heterocycles. The molecule has 0 spiro atoms. The first-order valence-corrected chi connectivity index (χ1v) is 8.74. The molecule has 0 aromatic heterocycles. The number of benzene rings is 1. The van der Waals surface area contributed by atoms with Gasteiger partial charge in [0.05, 0.1) is 18.4 Å². The molecule has 0 amide bonds. The van der Waals surface area contributed by atoms with Gasteiger partial charge in [0, 0.05) is 24.6 Å². The van der Waals surface area contributed by atoms with Crippen LogP contribution in [0.4, 0.5) is 0 Å². The van der Waals surface area contributed by atoms with E-state index < -0.39 is 10.0 Å². The van der Waals surface area contributed by atoms with Crippen molar-refractivity contribution in [2.24, 2.45) is 0 Å². The number of sulfonamides is 1. The second-order valence-corrected chi connectivity index (χ2v) is 7.27. The van der Waals surface area contributed by atoms with Crippen molar-refractivity contribution in [1.82, 2.24) is 10.0 Å². The van der Waals surface area contributed by atoms with Gasteiger partial charge in [-0.3, -0.25) is 0 Å². The average molecular weight is 296 g/mol. The van der Waals surface area contributed by atoms with Crippen LogP contribution >= 0.6 is 0 Å². The second kappa shape index (κ2) is 5.71. The molecular formula is C14H20N2O3S. The summed E-state index contributed by atoms with van der Waals surface area (Å²) in [5, 5.41) is 3.23. The third kappa shape index (κ3) is 3.50. The second-order valence-electron chi connectivity index (χ2n) is 5.39. The molecule has 0 saturated heterocycles. The van der Waals surface area contributed by atoms with E-state index in [1.807, 2.05) is 24.3 Å². The number of hydrogen-bond donors (Lipinski definition) is 2. The summed E-state index contributed by atoms with van der Waals surface area (Å²) < 4.78 is 32.6. The van der Waals surface area contributed by atoms with Crippen LogP contribution < -0.4 is 14.8 Å². The minimum absolute atomic E-state index is 0.128. The van der Waals surface area contributed by atoms with E-state index in [0.717, 1.165) is 11.3 Å². The van der Waals surface area contributed by atoms with Crippen LogP contribution in [-0.2, 0) is 10.0 Å². The Morgan fingerprint density at radius 3 is 2.80 bits per heavy atom. The number of para-hydroxylation sites is 1. The van der Waals surface area contributed by atoms with Gasteiger partial charge in [0.2, 0.25) is 10.0 Å². The van der Waals surface area contributed by atoms with E-state index in [2.05, 4.69) is 10.0 Å². The van der Waals surface area contributed by atoms with Gasteiger partial charge in [0.25, 0.3) is 0 Å². The molecule has 1 aromatic rings. The third-order valence-electron chi connectivity index (χ3n) is 3.66. The first kappa shape index (κ1) is 13.9. The lowest BCUT2D eigenvalue weighted by molar-refractivity contribution is 0.263. The van der Waals surface area contributed by atoms with Crippen molar-refractivity contribution in [2.75, 3.05) is 18.9 Å². The minimum Gasteiger partial charge on any atom is -0.493 e. The predicted molar refractivity (Wildman–Crippen MR) is 77.2 cm³/mol. The Hall–Kier alpha value is -1.11. The van der Waals surface area contributed by atoms with E-state index in [9.17, 15) is 8.42 Å². The molecule has 2 N–H and O–H groups in total. The van der Waals surface area contributed by atoms with Gasteiger partial charge in [-0.1, -0.05) is 18.2 Å². The van der Waals surface area contributed by atoms with Crippen LogP contribution in [0.25, 0.3) is 0 Å². The fourth-order valence-corrected chi connectivity index (χ4v) is 3.61. The third-order valence-corrected chi connectivity index (χ3v) is 5.05. The maximum absolute atomic E-state index is 12.1. The van der Waals surface area contributed by atoms with Crippen LogP contribution in [0.2, 0.25) is 0 Å².